The normalized spacial score (nSPS) is 14.8. The predicted octanol–water partition coefficient (Wildman–Crippen LogP) is 2.55. The number of carbonyl (C=O) groups is 2. The summed E-state index contributed by atoms with van der Waals surface area (Å²) in [6.07, 6.45) is 2.74. The Morgan fingerprint density at radius 2 is 1.90 bits per heavy atom. The van der Waals surface area contributed by atoms with Gasteiger partial charge in [0.1, 0.15) is 0 Å². The fourth-order valence-corrected chi connectivity index (χ4v) is 1.58. The first kappa shape index (κ1) is 14.2. The van der Waals surface area contributed by atoms with Gasteiger partial charge in [-0.1, -0.05) is 6.92 Å². The Bertz CT molecular complexity index is 531. The number of nitrogens with zero attached hydrogens (tertiary/aromatic N) is 1. The van der Waals surface area contributed by atoms with Gasteiger partial charge < -0.3 is 5.32 Å². The molecule has 1 aromatic carbocycles. The van der Waals surface area contributed by atoms with Crippen LogP contribution in [0.4, 0.5) is 5.69 Å². The van der Waals surface area contributed by atoms with E-state index >= 15 is 0 Å². The van der Waals surface area contributed by atoms with Crippen LogP contribution < -0.4 is 10.7 Å². The molecule has 20 heavy (non-hydrogen) atoms. The number of benzene rings is 1. The van der Waals surface area contributed by atoms with E-state index in [4.69, 9.17) is 0 Å². The molecule has 1 aliphatic rings. The van der Waals surface area contributed by atoms with Crippen molar-refractivity contribution in [2.24, 2.45) is 11.0 Å². The molecule has 5 nitrogen and oxygen atoms in total. The fraction of sp³-hybridized carbons (Fsp3) is 0.400. The molecule has 0 saturated heterocycles. The summed E-state index contributed by atoms with van der Waals surface area (Å²) in [6.45, 7) is 3.83. The highest BCUT2D eigenvalue weighted by atomic mass is 16.2. The standard InChI is InChI=1S/C15H19N3O2/c1-3-10(2)17-18-15(20)12-6-8-13(9-7-12)16-14(19)11-4-5-11/h6-9,11H,3-5H2,1-2H3,(H,16,19)(H,18,20). The van der Waals surface area contributed by atoms with Crippen molar-refractivity contribution in [2.45, 2.75) is 33.1 Å². The molecule has 2 N–H and O–H groups in total. The van der Waals surface area contributed by atoms with Gasteiger partial charge in [0.25, 0.3) is 5.91 Å². The number of amides is 2. The third-order valence-electron chi connectivity index (χ3n) is 3.22. The second-order valence-electron chi connectivity index (χ2n) is 4.98. The molecule has 1 saturated carbocycles. The van der Waals surface area contributed by atoms with Gasteiger partial charge in [0.05, 0.1) is 0 Å². The Morgan fingerprint density at radius 3 is 2.45 bits per heavy atom. The highest BCUT2D eigenvalue weighted by Crippen LogP contribution is 2.30. The molecule has 1 aliphatic carbocycles. The van der Waals surface area contributed by atoms with E-state index in [9.17, 15) is 9.59 Å². The fourth-order valence-electron chi connectivity index (χ4n) is 1.58. The van der Waals surface area contributed by atoms with E-state index in [1.54, 1.807) is 24.3 Å². The summed E-state index contributed by atoms with van der Waals surface area (Å²) in [7, 11) is 0. The summed E-state index contributed by atoms with van der Waals surface area (Å²) < 4.78 is 0. The lowest BCUT2D eigenvalue weighted by atomic mass is 10.2. The van der Waals surface area contributed by atoms with Gasteiger partial charge >= 0.3 is 0 Å². The van der Waals surface area contributed by atoms with Crippen LogP contribution in [0.2, 0.25) is 0 Å². The Hall–Kier alpha value is -2.17. The zero-order valence-electron chi connectivity index (χ0n) is 11.8. The molecule has 106 valence electrons. The molecule has 1 fully saturated rings. The Labute approximate surface area is 118 Å². The number of rotatable bonds is 5. The highest BCUT2D eigenvalue weighted by molar-refractivity contribution is 5.97. The minimum Gasteiger partial charge on any atom is -0.326 e. The van der Waals surface area contributed by atoms with E-state index in [0.717, 1.165) is 25.0 Å². The minimum atomic E-state index is -0.252. The third kappa shape index (κ3) is 3.91. The van der Waals surface area contributed by atoms with Crippen molar-refractivity contribution in [3.8, 4) is 0 Å². The van der Waals surface area contributed by atoms with Crippen LogP contribution in [0.25, 0.3) is 0 Å². The van der Waals surface area contributed by atoms with E-state index in [2.05, 4.69) is 15.8 Å². The molecule has 5 heteroatoms. The smallest absolute Gasteiger partial charge is 0.271 e. The van der Waals surface area contributed by atoms with Crippen LogP contribution in [0.15, 0.2) is 29.4 Å². The van der Waals surface area contributed by atoms with Crippen molar-refractivity contribution in [2.75, 3.05) is 5.32 Å². The van der Waals surface area contributed by atoms with E-state index in [1.165, 1.54) is 0 Å². The second-order valence-corrected chi connectivity index (χ2v) is 4.98. The molecular weight excluding hydrogens is 254 g/mol. The lowest BCUT2D eigenvalue weighted by Gasteiger charge is -2.05. The average Bonchev–Trinajstić information content (AvgIpc) is 3.29. The Morgan fingerprint density at radius 1 is 1.25 bits per heavy atom. The van der Waals surface area contributed by atoms with Crippen molar-refractivity contribution < 1.29 is 9.59 Å². The van der Waals surface area contributed by atoms with Crippen LogP contribution in [-0.4, -0.2) is 17.5 Å². The number of hydrazone groups is 1. The van der Waals surface area contributed by atoms with E-state index in [-0.39, 0.29) is 17.7 Å². The molecule has 2 rings (SSSR count). The maximum atomic E-state index is 11.8. The van der Waals surface area contributed by atoms with Crippen molar-refractivity contribution in [3.63, 3.8) is 0 Å². The molecule has 0 radical (unpaired) electrons. The third-order valence-corrected chi connectivity index (χ3v) is 3.22. The summed E-state index contributed by atoms with van der Waals surface area (Å²) in [5.74, 6) is -0.0208. The van der Waals surface area contributed by atoms with Crippen LogP contribution in [0.3, 0.4) is 0 Å². The molecule has 0 unspecified atom stereocenters. The zero-order valence-corrected chi connectivity index (χ0v) is 11.8. The van der Waals surface area contributed by atoms with E-state index in [1.807, 2.05) is 13.8 Å². The predicted molar refractivity (Wildman–Crippen MR) is 78.7 cm³/mol. The molecule has 0 aliphatic heterocycles. The molecule has 0 atom stereocenters. The maximum absolute atomic E-state index is 11.8. The number of hydrogen-bond donors (Lipinski definition) is 2. The van der Waals surface area contributed by atoms with Crippen LogP contribution in [0.1, 0.15) is 43.5 Å². The molecule has 2 amide bonds. The van der Waals surface area contributed by atoms with Crippen LogP contribution in [-0.2, 0) is 4.79 Å². The van der Waals surface area contributed by atoms with Crippen molar-refractivity contribution in [1.29, 1.82) is 0 Å². The van der Waals surface area contributed by atoms with Gasteiger partial charge in [-0.2, -0.15) is 5.10 Å². The second kappa shape index (κ2) is 6.32. The number of anilines is 1. The van der Waals surface area contributed by atoms with Crippen molar-refractivity contribution in [1.82, 2.24) is 5.43 Å². The summed E-state index contributed by atoms with van der Waals surface area (Å²) in [5.41, 5.74) is 4.60. The SMILES string of the molecule is CCC(C)=NNC(=O)c1ccc(NC(=O)C2CC2)cc1. The van der Waals surface area contributed by atoms with Gasteiger partial charge in [-0.15, -0.1) is 0 Å². The molecule has 0 aromatic heterocycles. The van der Waals surface area contributed by atoms with Gasteiger partial charge in [0, 0.05) is 22.9 Å². The minimum absolute atomic E-state index is 0.0605. The van der Waals surface area contributed by atoms with Crippen molar-refractivity contribution in [3.05, 3.63) is 29.8 Å². The molecular formula is C15H19N3O2. The molecule has 0 spiro atoms. The van der Waals surface area contributed by atoms with Gasteiger partial charge in [-0.3, -0.25) is 9.59 Å². The lowest BCUT2D eigenvalue weighted by molar-refractivity contribution is -0.117. The molecule has 1 aromatic rings. The monoisotopic (exact) mass is 273 g/mol. The van der Waals surface area contributed by atoms with E-state index in [0.29, 0.717) is 11.3 Å². The molecule has 0 heterocycles. The largest absolute Gasteiger partial charge is 0.326 e. The van der Waals surface area contributed by atoms with Gasteiger partial charge in [0.15, 0.2) is 0 Å². The first-order valence-electron chi connectivity index (χ1n) is 6.84. The quantitative estimate of drug-likeness (QED) is 0.639. The van der Waals surface area contributed by atoms with Gasteiger partial charge in [-0.25, -0.2) is 5.43 Å². The first-order chi connectivity index (χ1) is 9.60. The van der Waals surface area contributed by atoms with Crippen LogP contribution in [0, 0.1) is 5.92 Å². The summed E-state index contributed by atoms with van der Waals surface area (Å²) in [6, 6.07) is 6.81. The summed E-state index contributed by atoms with van der Waals surface area (Å²) >= 11 is 0. The maximum Gasteiger partial charge on any atom is 0.271 e. The zero-order chi connectivity index (χ0) is 14.5. The lowest BCUT2D eigenvalue weighted by Crippen LogP contribution is -2.19. The topological polar surface area (TPSA) is 70.6 Å². The van der Waals surface area contributed by atoms with Crippen LogP contribution in [0.5, 0.6) is 0 Å². The Kier molecular flexibility index (Phi) is 4.50. The van der Waals surface area contributed by atoms with Gasteiger partial charge in [0.2, 0.25) is 5.91 Å². The molecule has 0 bridgehead atoms. The summed E-state index contributed by atoms with van der Waals surface area (Å²) in [5, 5.41) is 6.80. The highest BCUT2D eigenvalue weighted by Gasteiger charge is 2.29. The summed E-state index contributed by atoms with van der Waals surface area (Å²) in [4.78, 5) is 23.4. The first-order valence-corrected chi connectivity index (χ1v) is 6.84. The Balaban J connectivity index is 1.93. The number of carbonyl (C=O) groups excluding carboxylic acids is 2. The number of hydrogen-bond acceptors (Lipinski definition) is 3. The van der Waals surface area contributed by atoms with Crippen molar-refractivity contribution >= 4 is 23.2 Å². The number of nitrogens with one attached hydrogen (secondary N) is 2. The van der Waals surface area contributed by atoms with Gasteiger partial charge in [-0.05, 0) is 50.5 Å². The van der Waals surface area contributed by atoms with Crippen LogP contribution >= 0.6 is 0 Å². The van der Waals surface area contributed by atoms with E-state index < -0.39 is 0 Å². The average molecular weight is 273 g/mol.